The zero-order valence-corrected chi connectivity index (χ0v) is 27.2. The SMILES string of the molecule is O=C(Cc1ccc(F)cc1)O[C@H]1[C@H](Oc2c(-c3ccc(O)c(O)c3)oc3cc(O)cc(O)c3c2=O)O[C@H](CO)[C@@H](O)[C@@H]1OC(=O)Cc1ccc(F)cc1. The van der Waals surface area contributed by atoms with E-state index in [-0.39, 0.29) is 11.1 Å². The van der Waals surface area contributed by atoms with Crippen LogP contribution in [0.1, 0.15) is 11.1 Å². The minimum Gasteiger partial charge on any atom is -0.508 e. The van der Waals surface area contributed by atoms with Gasteiger partial charge in [0.15, 0.2) is 23.4 Å². The van der Waals surface area contributed by atoms with Gasteiger partial charge in [-0.05, 0) is 53.6 Å². The lowest BCUT2D eigenvalue weighted by Gasteiger charge is -2.42. The minimum absolute atomic E-state index is 0.0844. The van der Waals surface area contributed by atoms with E-state index in [1.165, 1.54) is 30.3 Å². The molecule has 1 fully saturated rings. The van der Waals surface area contributed by atoms with Crippen molar-refractivity contribution in [2.24, 2.45) is 0 Å². The Bertz CT molecular complexity index is 2200. The number of ether oxygens (including phenoxy) is 4. The van der Waals surface area contributed by atoms with Crippen LogP contribution in [0.25, 0.3) is 22.3 Å². The second-order valence-corrected chi connectivity index (χ2v) is 12.0. The number of fused-ring (bicyclic) bond motifs is 1. The van der Waals surface area contributed by atoms with E-state index in [4.69, 9.17) is 23.4 Å². The smallest absolute Gasteiger partial charge is 0.310 e. The molecule has 5 atom stereocenters. The third-order valence-corrected chi connectivity index (χ3v) is 8.25. The van der Waals surface area contributed by atoms with Gasteiger partial charge in [-0.3, -0.25) is 14.4 Å². The number of aliphatic hydroxyl groups excluding tert-OH is 2. The summed E-state index contributed by atoms with van der Waals surface area (Å²) in [5.74, 6) is -6.76. The fraction of sp³-hybridized carbons (Fsp3) is 0.216. The predicted molar refractivity (Wildman–Crippen MR) is 177 cm³/mol. The van der Waals surface area contributed by atoms with Crippen molar-refractivity contribution in [1.82, 2.24) is 0 Å². The van der Waals surface area contributed by atoms with Crippen molar-refractivity contribution in [2.75, 3.05) is 6.61 Å². The van der Waals surface area contributed by atoms with Crippen LogP contribution in [0, 0.1) is 11.6 Å². The first-order valence-corrected chi connectivity index (χ1v) is 15.8. The molecule has 0 unspecified atom stereocenters. The number of carbonyl (C=O) groups is 2. The Kier molecular flexibility index (Phi) is 10.5. The maximum absolute atomic E-state index is 14.0. The van der Waals surface area contributed by atoms with Crippen molar-refractivity contribution >= 4 is 22.9 Å². The molecule has 1 saturated heterocycles. The number of aromatic hydroxyl groups is 4. The van der Waals surface area contributed by atoms with Crippen molar-refractivity contribution in [3.05, 3.63) is 112 Å². The number of phenolic OH excluding ortho intramolecular Hbond substituents is 4. The lowest BCUT2D eigenvalue weighted by atomic mass is 9.98. The number of benzene rings is 4. The van der Waals surface area contributed by atoms with Gasteiger partial charge in [-0.1, -0.05) is 24.3 Å². The number of halogens is 2. The number of phenols is 4. The summed E-state index contributed by atoms with van der Waals surface area (Å²) in [6.07, 6.45) is -10.1. The van der Waals surface area contributed by atoms with Crippen LogP contribution in [0.2, 0.25) is 0 Å². The second-order valence-electron chi connectivity index (χ2n) is 12.0. The van der Waals surface area contributed by atoms with Gasteiger partial charge in [-0.15, -0.1) is 0 Å². The van der Waals surface area contributed by atoms with E-state index in [0.717, 1.165) is 48.5 Å². The zero-order valence-electron chi connectivity index (χ0n) is 27.2. The van der Waals surface area contributed by atoms with Crippen LogP contribution in [0.15, 0.2) is 88.1 Å². The van der Waals surface area contributed by atoms with Crippen LogP contribution >= 0.6 is 0 Å². The van der Waals surface area contributed by atoms with Gasteiger partial charge < -0.3 is 54.0 Å². The molecule has 6 rings (SSSR count). The highest BCUT2D eigenvalue weighted by Crippen LogP contribution is 2.40. The van der Waals surface area contributed by atoms with Crippen molar-refractivity contribution in [3.8, 4) is 40.1 Å². The molecule has 14 nitrogen and oxygen atoms in total. The van der Waals surface area contributed by atoms with Crippen LogP contribution in [-0.2, 0) is 36.6 Å². The van der Waals surface area contributed by atoms with E-state index in [9.17, 15) is 53.8 Å². The molecule has 0 spiro atoms. The molecule has 2 heterocycles. The third kappa shape index (κ3) is 7.99. The van der Waals surface area contributed by atoms with Gasteiger partial charge >= 0.3 is 11.9 Å². The summed E-state index contributed by atoms with van der Waals surface area (Å²) < 4.78 is 55.9. The molecule has 1 aliphatic heterocycles. The molecule has 0 radical (unpaired) electrons. The number of aliphatic hydroxyl groups is 2. The van der Waals surface area contributed by atoms with E-state index in [1.807, 2.05) is 0 Å². The van der Waals surface area contributed by atoms with Crippen LogP contribution in [-0.4, -0.2) is 79.9 Å². The fourth-order valence-corrected chi connectivity index (χ4v) is 5.67. The Hall–Kier alpha value is -6.23. The average molecular weight is 737 g/mol. The van der Waals surface area contributed by atoms with E-state index in [1.54, 1.807) is 0 Å². The molecule has 0 saturated carbocycles. The molecule has 0 bridgehead atoms. The highest BCUT2D eigenvalue weighted by Gasteiger charge is 2.51. The average Bonchev–Trinajstić information content (AvgIpc) is 3.11. The Morgan fingerprint density at radius 1 is 0.736 bits per heavy atom. The summed E-state index contributed by atoms with van der Waals surface area (Å²) in [4.78, 5) is 40.6. The molecule has 0 amide bonds. The first-order chi connectivity index (χ1) is 25.3. The van der Waals surface area contributed by atoms with Gasteiger partial charge in [0.1, 0.15) is 46.3 Å². The highest BCUT2D eigenvalue weighted by molar-refractivity contribution is 5.88. The standard InChI is InChI=1S/C37H30F2O14/c38-20-6-1-17(2-7-20)11-28(45)51-34-31(47)27(16-40)50-37(36(34)52-29(46)12-18-3-8-21(39)9-4-18)53-35-32(48)30-25(44)14-22(41)15-26(30)49-33(35)19-5-10-23(42)24(43)13-19/h1-10,13-15,27,31,34,36-37,40-44,47H,11-12,16H2/t27-,31-,34+,36-,37+/m1/s1. The maximum atomic E-state index is 14.0. The van der Waals surface area contributed by atoms with Gasteiger partial charge in [-0.25, -0.2) is 8.78 Å². The van der Waals surface area contributed by atoms with Gasteiger partial charge in [0.05, 0.1) is 19.4 Å². The topological polar surface area (TPSA) is 223 Å². The molecule has 6 N–H and O–H groups in total. The summed E-state index contributed by atoms with van der Waals surface area (Å²) in [6.45, 7) is -0.908. The van der Waals surface area contributed by atoms with Gasteiger partial charge in [-0.2, -0.15) is 0 Å². The van der Waals surface area contributed by atoms with Crippen LogP contribution in [0.3, 0.4) is 0 Å². The second kappa shape index (κ2) is 15.2. The maximum Gasteiger partial charge on any atom is 0.310 e. The predicted octanol–water partition coefficient (Wildman–Crippen LogP) is 3.33. The Morgan fingerprint density at radius 2 is 1.32 bits per heavy atom. The van der Waals surface area contributed by atoms with Gasteiger partial charge in [0, 0.05) is 17.7 Å². The highest BCUT2D eigenvalue weighted by atomic mass is 19.1. The van der Waals surface area contributed by atoms with Crippen molar-refractivity contribution in [1.29, 1.82) is 0 Å². The first-order valence-electron chi connectivity index (χ1n) is 15.8. The number of hydrogen-bond donors (Lipinski definition) is 6. The quantitative estimate of drug-likeness (QED) is 0.0895. The first kappa shape index (κ1) is 36.6. The summed E-state index contributed by atoms with van der Waals surface area (Å²) in [6, 6.07) is 14.8. The van der Waals surface area contributed by atoms with E-state index >= 15 is 0 Å². The molecule has 53 heavy (non-hydrogen) atoms. The van der Waals surface area contributed by atoms with Gasteiger partial charge in [0.25, 0.3) is 0 Å². The molecule has 16 heteroatoms. The summed E-state index contributed by atoms with van der Waals surface area (Å²) in [7, 11) is 0. The lowest BCUT2D eigenvalue weighted by Crippen LogP contribution is -2.62. The van der Waals surface area contributed by atoms with E-state index in [2.05, 4.69) is 0 Å². The molecular weight excluding hydrogens is 706 g/mol. The van der Waals surface area contributed by atoms with Crippen molar-refractivity contribution in [3.63, 3.8) is 0 Å². The van der Waals surface area contributed by atoms with Crippen molar-refractivity contribution in [2.45, 2.75) is 43.5 Å². The molecule has 4 aromatic carbocycles. The number of hydrogen-bond acceptors (Lipinski definition) is 14. The molecule has 276 valence electrons. The molecular formula is C37H30F2O14. The minimum atomic E-state index is -1.99. The lowest BCUT2D eigenvalue weighted by molar-refractivity contribution is -0.285. The number of carbonyl (C=O) groups excluding carboxylic acids is 2. The normalized spacial score (nSPS) is 19.8. The van der Waals surface area contributed by atoms with Crippen LogP contribution < -0.4 is 10.2 Å². The summed E-state index contributed by atoms with van der Waals surface area (Å²) in [5, 5.41) is 61.7. The summed E-state index contributed by atoms with van der Waals surface area (Å²) in [5.41, 5.74) is -0.893. The number of esters is 2. The molecule has 1 aliphatic rings. The van der Waals surface area contributed by atoms with E-state index < -0.39 is 119 Å². The largest absolute Gasteiger partial charge is 0.508 e. The molecule has 5 aromatic rings. The van der Waals surface area contributed by atoms with Gasteiger partial charge in [0.2, 0.25) is 23.6 Å². The van der Waals surface area contributed by atoms with Crippen LogP contribution in [0.4, 0.5) is 8.78 Å². The summed E-state index contributed by atoms with van der Waals surface area (Å²) >= 11 is 0. The van der Waals surface area contributed by atoms with E-state index in [0.29, 0.717) is 11.1 Å². The Balaban J connectivity index is 1.44. The molecule has 0 aliphatic carbocycles. The number of rotatable bonds is 10. The Labute approximate surface area is 297 Å². The monoisotopic (exact) mass is 736 g/mol. The molecule has 1 aromatic heterocycles. The fourth-order valence-electron chi connectivity index (χ4n) is 5.67. The van der Waals surface area contributed by atoms with Crippen LogP contribution in [0.5, 0.6) is 28.7 Å². The zero-order chi connectivity index (χ0) is 38.0. The third-order valence-electron chi connectivity index (χ3n) is 8.25. The Morgan fingerprint density at radius 3 is 1.89 bits per heavy atom. The van der Waals surface area contributed by atoms with Crippen molar-refractivity contribution < 1.29 is 72.4 Å².